The highest BCUT2D eigenvalue weighted by Gasteiger charge is 2.29. The molecule has 0 aromatic carbocycles. The van der Waals surface area contributed by atoms with Crippen molar-refractivity contribution in [1.82, 2.24) is 10.2 Å². The molecule has 1 fully saturated rings. The molecule has 0 spiro atoms. The van der Waals surface area contributed by atoms with Crippen molar-refractivity contribution in [3.8, 4) is 0 Å². The van der Waals surface area contributed by atoms with Gasteiger partial charge in [-0.15, -0.1) is 0 Å². The molecule has 1 heterocycles. The van der Waals surface area contributed by atoms with Crippen molar-refractivity contribution in [2.24, 2.45) is 11.3 Å². The van der Waals surface area contributed by atoms with Crippen molar-refractivity contribution in [2.45, 2.75) is 66.3 Å². The molecule has 0 aromatic heterocycles. The summed E-state index contributed by atoms with van der Waals surface area (Å²) in [6, 6.07) is 0.108. The highest BCUT2D eigenvalue weighted by Crippen LogP contribution is 2.27. The van der Waals surface area contributed by atoms with Crippen LogP contribution < -0.4 is 5.32 Å². The van der Waals surface area contributed by atoms with Crippen molar-refractivity contribution < 1.29 is 4.79 Å². The van der Waals surface area contributed by atoms with Crippen LogP contribution in [0.15, 0.2) is 0 Å². The minimum Gasteiger partial charge on any atom is -0.333 e. The summed E-state index contributed by atoms with van der Waals surface area (Å²) in [6.45, 7) is 14.9. The van der Waals surface area contributed by atoms with Crippen LogP contribution >= 0.6 is 0 Å². The first-order valence-corrected chi connectivity index (χ1v) is 7.16. The molecule has 0 aromatic rings. The second-order valence-corrected chi connectivity index (χ2v) is 7.72. The van der Waals surface area contributed by atoms with E-state index in [4.69, 9.17) is 0 Å². The summed E-state index contributed by atoms with van der Waals surface area (Å²) in [6.07, 6.45) is 3.25. The molecule has 3 heteroatoms. The van der Waals surface area contributed by atoms with Crippen molar-refractivity contribution in [3.63, 3.8) is 0 Å². The lowest BCUT2D eigenvalue weighted by Gasteiger charge is -2.37. The fourth-order valence-corrected chi connectivity index (χ4v) is 2.95. The average Bonchev–Trinajstić information content (AvgIpc) is 2.13. The summed E-state index contributed by atoms with van der Waals surface area (Å²) >= 11 is 0. The Morgan fingerprint density at radius 2 is 1.67 bits per heavy atom. The molecule has 1 aliphatic rings. The Hall–Kier alpha value is -0.730. The van der Waals surface area contributed by atoms with Gasteiger partial charge in [-0.3, -0.25) is 0 Å². The van der Waals surface area contributed by atoms with Crippen LogP contribution in [0.3, 0.4) is 0 Å². The van der Waals surface area contributed by atoms with Crippen LogP contribution in [0.5, 0.6) is 0 Å². The number of nitrogens with zero attached hydrogens (tertiary/aromatic N) is 1. The number of piperidine rings is 1. The maximum atomic E-state index is 12.2. The minimum absolute atomic E-state index is 0.108. The van der Waals surface area contributed by atoms with Gasteiger partial charge in [0.05, 0.1) is 0 Å². The SMILES string of the molecule is CC1CCN(C(=O)NC(C)(C)CC(C)(C)C)CC1. The van der Waals surface area contributed by atoms with Gasteiger partial charge in [0.1, 0.15) is 0 Å². The van der Waals surface area contributed by atoms with E-state index in [1.807, 2.05) is 4.90 Å². The summed E-state index contributed by atoms with van der Waals surface area (Å²) in [5.74, 6) is 0.761. The number of amides is 2. The Labute approximate surface area is 112 Å². The van der Waals surface area contributed by atoms with E-state index in [1.54, 1.807) is 0 Å². The highest BCUT2D eigenvalue weighted by molar-refractivity contribution is 5.75. The molecule has 2 amide bonds. The second kappa shape index (κ2) is 5.50. The van der Waals surface area contributed by atoms with Gasteiger partial charge in [-0.05, 0) is 44.4 Å². The number of rotatable bonds is 2. The normalized spacial score (nSPS) is 18.9. The summed E-state index contributed by atoms with van der Waals surface area (Å²) in [4.78, 5) is 14.2. The first-order chi connectivity index (χ1) is 8.09. The first kappa shape index (κ1) is 15.3. The van der Waals surface area contributed by atoms with Gasteiger partial charge in [-0.25, -0.2) is 4.79 Å². The maximum Gasteiger partial charge on any atom is 0.317 e. The third kappa shape index (κ3) is 5.28. The van der Waals surface area contributed by atoms with Crippen molar-refractivity contribution in [3.05, 3.63) is 0 Å². The molecule has 3 nitrogen and oxygen atoms in total. The highest BCUT2D eigenvalue weighted by atomic mass is 16.2. The van der Waals surface area contributed by atoms with Gasteiger partial charge in [-0.2, -0.15) is 0 Å². The number of likely N-dealkylation sites (tertiary alicyclic amines) is 1. The maximum absolute atomic E-state index is 12.2. The fourth-order valence-electron chi connectivity index (χ4n) is 2.95. The molecule has 1 rings (SSSR count). The zero-order valence-electron chi connectivity index (χ0n) is 13.0. The molecule has 0 atom stereocenters. The van der Waals surface area contributed by atoms with Crippen LogP contribution in [0.2, 0.25) is 0 Å². The summed E-state index contributed by atoms with van der Waals surface area (Å²) < 4.78 is 0. The molecule has 0 aliphatic carbocycles. The molecule has 18 heavy (non-hydrogen) atoms. The summed E-state index contributed by atoms with van der Waals surface area (Å²) in [5, 5.41) is 3.18. The smallest absolute Gasteiger partial charge is 0.317 e. The quantitative estimate of drug-likeness (QED) is 0.801. The molecule has 106 valence electrons. The van der Waals surface area contributed by atoms with Gasteiger partial charge in [-0.1, -0.05) is 27.7 Å². The molecule has 1 aliphatic heterocycles. The number of carbonyl (C=O) groups is 1. The van der Waals surface area contributed by atoms with Gasteiger partial charge < -0.3 is 10.2 Å². The van der Waals surface area contributed by atoms with Crippen LogP contribution in [0, 0.1) is 11.3 Å². The van der Waals surface area contributed by atoms with Crippen LogP contribution in [-0.4, -0.2) is 29.6 Å². The van der Waals surface area contributed by atoms with Crippen LogP contribution in [-0.2, 0) is 0 Å². The van der Waals surface area contributed by atoms with Gasteiger partial charge in [0.25, 0.3) is 0 Å². The Kier molecular flexibility index (Phi) is 4.68. The Bertz CT molecular complexity index is 283. The van der Waals surface area contributed by atoms with Gasteiger partial charge in [0, 0.05) is 18.6 Å². The van der Waals surface area contributed by atoms with Crippen molar-refractivity contribution in [1.29, 1.82) is 0 Å². The molecule has 0 unspecified atom stereocenters. The lowest BCUT2D eigenvalue weighted by Crippen LogP contribution is -2.53. The van der Waals surface area contributed by atoms with Gasteiger partial charge >= 0.3 is 6.03 Å². The van der Waals surface area contributed by atoms with E-state index in [0.29, 0.717) is 0 Å². The lowest BCUT2D eigenvalue weighted by atomic mass is 9.82. The first-order valence-electron chi connectivity index (χ1n) is 7.16. The monoisotopic (exact) mass is 254 g/mol. The van der Waals surface area contributed by atoms with E-state index in [1.165, 1.54) is 0 Å². The van der Waals surface area contributed by atoms with Crippen molar-refractivity contribution >= 4 is 6.03 Å². The van der Waals surface area contributed by atoms with Gasteiger partial charge in [0.15, 0.2) is 0 Å². The van der Waals surface area contributed by atoms with Crippen LogP contribution in [0.25, 0.3) is 0 Å². The van der Waals surface area contributed by atoms with Crippen LogP contribution in [0.4, 0.5) is 4.79 Å². The van der Waals surface area contributed by atoms with Crippen molar-refractivity contribution in [2.75, 3.05) is 13.1 Å². The Morgan fingerprint density at radius 3 is 2.11 bits per heavy atom. The zero-order valence-corrected chi connectivity index (χ0v) is 13.0. The van der Waals surface area contributed by atoms with E-state index >= 15 is 0 Å². The van der Waals surface area contributed by atoms with E-state index < -0.39 is 0 Å². The number of urea groups is 1. The third-order valence-corrected chi connectivity index (χ3v) is 3.49. The second-order valence-electron chi connectivity index (χ2n) is 7.72. The standard InChI is InChI=1S/C15H30N2O/c1-12-7-9-17(10-8-12)13(18)16-15(5,6)11-14(2,3)4/h12H,7-11H2,1-6H3,(H,16,18). The van der Waals surface area contributed by atoms with Gasteiger partial charge in [0.2, 0.25) is 0 Å². The third-order valence-electron chi connectivity index (χ3n) is 3.49. The predicted molar refractivity (Wildman–Crippen MR) is 76.7 cm³/mol. The predicted octanol–water partition coefficient (Wildman–Crippen LogP) is 3.64. The molecule has 1 saturated heterocycles. The number of carbonyl (C=O) groups excluding carboxylic acids is 1. The molecular formula is C15H30N2O. The van der Waals surface area contributed by atoms with E-state index in [2.05, 4.69) is 46.9 Å². The number of hydrogen-bond donors (Lipinski definition) is 1. The van der Waals surface area contributed by atoms with E-state index in [0.717, 1.165) is 38.3 Å². The fraction of sp³-hybridized carbons (Fsp3) is 0.933. The summed E-state index contributed by atoms with van der Waals surface area (Å²) in [5.41, 5.74) is 0.0889. The molecule has 1 N–H and O–H groups in total. The Balaban J connectivity index is 2.48. The molecule has 0 bridgehead atoms. The Morgan fingerprint density at radius 1 is 1.17 bits per heavy atom. The van der Waals surface area contributed by atoms with E-state index in [-0.39, 0.29) is 17.0 Å². The number of nitrogens with one attached hydrogen (secondary N) is 1. The lowest BCUT2D eigenvalue weighted by molar-refractivity contribution is 0.156. The molecule has 0 radical (unpaired) electrons. The zero-order chi connectivity index (χ0) is 14.0. The topological polar surface area (TPSA) is 32.3 Å². The molecule has 0 saturated carbocycles. The van der Waals surface area contributed by atoms with Crippen LogP contribution in [0.1, 0.15) is 60.8 Å². The average molecular weight is 254 g/mol. The summed E-state index contributed by atoms with van der Waals surface area (Å²) in [7, 11) is 0. The minimum atomic E-state index is -0.140. The largest absolute Gasteiger partial charge is 0.333 e. The van der Waals surface area contributed by atoms with E-state index in [9.17, 15) is 4.79 Å². The number of hydrogen-bond acceptors (Lipinski definition) is 1. The molecular weight excluding hydrogens is 224 g/mol.